The van der Waals surface area contributed by atoms with E-state index in [9.17, 15) is 4.79 Å². The lowest BCUT2D eigenvalue weighted by atomic mass is 9.89. The molecule has 30 heavy (non-hydrogen) atoms. The third-order valence-electron chi connectivity index (χ3n) is 6.33. The first-order valence-electron chi connectivity index (χ1n) is 10.7. The van der Waals surface area contributed by atoms with Crippen LogP contribution in [-0.4, -0.2) is 38.6 Å². The summed E-state index contributed by atoms with van der Waals surface area (Å²) < 4.78 is 1.82. The Morgan fingerprint density at radius 2 is 1.97 bits per heavy atom. The van der Waals surface area contributed by atoms with Crippen LogP contribution in [0.15, 0.2) is 42.6 Å². The first-order valence-corrected chi connectivity index (χ1v) is 10.7. The summed E-state index contributed by atoms with van der Waals surface area (Å²) in [6.45, 7) is 2.15. The van der Waals surface area contributed by atoms with Crippen molar-refractivity contribution in [3.8, 4) is 11.3 Å². The van der Waals surface area contributed by atoms with Gasteiger partial charge in [0.15, 0.2) is 5.65 Å². The fraction of sp³-hybridized carbons (Fsp3) is 0.348. The van der Waals surface area contributed by atoms with Gasteiger partial charge in [-0.25, -0.2) is 4.52 Å². The molecule has 1 aliphatic carbocycles. The van der Waals surface area contributed by atoms with Gasteiger partial charge in [-0.2, -0.15) is 4.98 Å². The molecule has 0 unspecified atom stereocenters. The number of aromatic amines is 1. The number of benzene rings is 1. The maximum absolute atomic E-state index is 12.1. The monoisotopic (exact) mass is 400 g/mol. The SMILES string of the molecule is O=C(Nc1nc2cccc(-c3ccc4[nH]cc(C5CCNCC5)c4c3)n2n1)C1CC1. The summed E-state index contributed by atoms with van der Waals surface area (Å²) >= 11 is 0. The number of nitrogens with one attached hydrogen (secondary N) is 3. The summed E-state index contributed by atoms with van der Waals surface area (Å²) in [5.74, 6) is 1.10. The number of pyridine rings is 1. The van der Waals surface area contributed by atoms with Gasteiger partial charge in [-0.15, -0.1) is 5.10 Å². The summed E-state index contributed by atoms with van der Waals surface area (Å²) in [4.78, 5) is 20.0. The van der Waals surface area contributed by atoms with Gasteiger partial charge < -0.3 is 10.3 Å². The maximum atomic E-state index is 12.1. The molecule has 1 saturated heterocycles. The number of aromatic nitrogens is 4. The van der Waals surface area contributed by atoms with Gasteiger partial charge in [0.05, 0.1) is 5.69 Å². The van der Waals surface area contributed by atoms with E-state index in [2.05, 4.69) is 50.1 Å². The van der Waals surface area contributed by atoms with Crippen molar-refractivity contribution in [2.45, 2.75) is 31.6 Å². The van der Waals surface area contributed by atoms with Gasteiger partial charge in [0.25, 0.3) is 0 Å². The van der Waals surface area contributed by atoms with Gasteiger partial charge in [0.2, 0.25) is 11.9 Å². The average Bonchev–Trinajstić information content (AvgIpc) is 3.42. The lowest BCUT2D eigenvalue weighted by Gasteiger charge is -2.22. The van der Waals surface area contributed by atoms with Crippen molar-refractivity contribution in [3.05, 3.63) is 48.2 Å². The lowest BCUT2D eigenvalue weighted by Crippen LogP contribution is -2.26. The van der Waals surface area contributed by atoms with Crippen molar-refractivity contribution >= 4 is 28.4 Å². The second-order valence-corrected chi connectivity index (χ2v) is 8.41. The predicted molar refractivity (Wildman–Crippen MR) is 116 cm³/mol. The van der Waals surface area contributed by atoms with Gasteiger partial charge >= 0.3 is 0 Å². The number of H-pyrrole nitrogens is 1. The van der Waals surface area contributed by atoms with Crippen LogP contribution in [0.2, 0.25) is 0 Å². The van der Waals surface area contributed by atoms with Gasteiger partial charge in [-0.3, -0.25) is 10.1 Å². The maximum Gasteiger partial charge on any atom is 0.249 e. The molecule has 152 valence electrons. The molecule has 3 N–H and O–H groups in total. The Hall–Kier alpha value is -3.19. The molecule has 2 fully saturated rings. The second-order valence-electron chi connectivity index (χ2n) is 8.41. The van der Waals surface area contributed by atoms with Crippen LogP contribution in [0.25, 0.3) is 27.8 Å². The highest BCUT2D eigenvalue weighted by molar-refractivity contribution is 5.93. The standard InChI is InChI=1S/C23H24N6O/c30-22(15-4-5-15)27-23-26-21-3-1-2-20(29(21)28-23)16-6-7-19-17(12-16)18(13-25-19)14-8-10-24-11-9-14/h1-3,6-7,12-15,24-25H,4-5,8-11H2,(H,27,28,30). The van der Waals surface area contributed by atoms with E-state index in [1.54, 1.807) is 0 Å². The normalized spacial score (nSPS) is 17.6. The van der Waals surface area contributed by atoms with E-state index in [1.165, 1.54) is 23.8 Å². The van der Waals surface area contributed by atoms with Crippen LogP contribution in [0.3, 0.4) is 0 Å². The fourth-order valence-electron chi connectivity index (χ4n) is 4.51. The molecule has 4 heterocycles. The minimum absolute atomic E-state index is 0.0211. The van der Waals surface area contributed by atoms with Crippen molar-refractivity contribution in [1.82, 2.24) is 24.9 Å². The van der Waals surface area contributed by atoms with E-state index in [0.29, 0.717) is 11.9 Å². The topological polar surface area (TPSA) is 87.1 Å². The minimum Gasteiger partial charge on any atom is -0.361 e. The summed E-state index contributed by atoms with van der Waals surface area (Å²) in [5.41, 5.74) is 5.34. The molecule has 0 spiro atoms. The smallest absolute Gasteiger partial charge is 0.249 e. The number of rotatable bonds is 4. The molecular formula is C23H24N6O. The van der Waals surface area contributed by atoms with Gasteiger partial charge in [0.1, 0.15) is 0 Å². The molecule has 1 amide bonds. The van der Waals surface area contributed by atoms with E-state index < -0.39 is 0 Å². The largest absolute Gasteiger partial charge is 0.361 e. The highest BCUT2D eigenvalue weighted by Gasteiger charge is 2.30. The molecule has 6 rings (SSSR count). The highest BCUT2D eigenvalue weighted by atomic mass is 16.2. The molecule has 1 aliphatic heterocycles. The van der Waals surface area contributed by atoms with Crippen LogP contribution < -0.4 is 10.6 Å². The molecular weight excluding hydrogens is 376 g/mol. The van der Waals surface area contributed by atoms with Crippen LogP contribution in [0.4, 0.5) is 5.95 Å². The highest BCUT2D eigenvalue weighted by Crippen LogP contribution is 2.34. The van der Waals surface area contributed by atoms with Crippen LogP contribution >= 0.6 is 0 Å². The van der Waals surface area contributed by atoms with Gasteiger partial charge in [0, 0.05) is 28.6 Å². The molecule has 3 aromatic heterocycles. The summed E-state index contributed by atoms with van der Waals surface area (Å²) in [6.07, 6.45) is 6.42. The van der Waals surface area contributed by atoms with E-state index in [-0.39, 0.29) is 11.8 Å². The third kappa shape index (κ3) is 3.06. The number of nitrogens with zero attached hydrogens (tertiary/aromatic N) is 3. The van der Waals surface area contributed by atoms with Gasteiger partial charge in [-0.1, -0.05) is 12.1 Å². The molecule has 0 radical (unpaired) electrons. The fourth-order valence-corrected chi connectivity index (χ4v) is 4.51. The zero-order chi connectivity index (χ0) is 20.1. The molecule has 1 aromatic carbocycles. The van der Waals surface area contributed by atoms with Gasteiger partial charge in [-0.05, 0) is 74.5 Å². The Morgan fingerprint density at radius 1 is 1.10 bits per heavy atom. The van der Waals surface area contributed by atoms with Crippen molar-refractivity contribution in [3.63, 3.8) is 0 Å². The number of amides is 1. The van der Waals surface area contributed by atoms with E-state index in [0.717, 1.165) is 48.4 Å². The van der Waals surface area contributed by atoms with Crippen LogP contribution in [0.1, 0.15) is 37.2 Å². The Balaban J connectivity index is 1.40. The molecule has 7 heteroatoms. The number of hydrogen-bond donors (Lipinski definition) is 3. The summed E-state index contributed by atoms with van der Waals surface area (Å²) in [7, 11) is 0. The number of piperidine rings is 1. The first kappa shape index (κ1) is 17.7. The number of anilines is 1. The quantitative estimate of drug-likeness (QED) is 0.488. The summed E-state index contributed by atoms with van der Waals surface area (Å²) in [5, 5.41) is 12.2. The third-order valence-corrected chi connectivity index (χ3v) is 6.33. The van der Waals surface area contributed by atoms with Crippen LogP contribution in [-0.2, 0) is 4.79 Å². The van der Waals surface area contributed by atoms with E-state index in [1.807, 2.05) is 22.7 Å². The van der Waals surface area contributed by atoms with Crippen LogP contribution in [0, 0.1) is 5.92 Å². The lowest BCUT2D eigenvalue weighted by molar-refractivity contribution is -0.117. The molecule has 4 aromatic rings. The Morgan fingerprint density at radius 3 is 2.80 bits per heavy atom. The second kappa shape index (κ2) is 6.95. The molecule has 2 aliphatic rings. The Bertz CT molecular complexity index is 1250. The van der Waals surface area contributed by atoms with Crippen molar-refractivity contribution < 1.29 is 4.79 Å². The van der Waals surface area contributed by atoms with Crippen LogP contribution in [0.5, 0.6) is 0 Å². The summed E-state index contributed by atoms with van der Waals surface area (Å²) in [6, 6.07) is 12.5. The van der Waals surface area contributed by atoms with Crippen molar-refractivity contribution in [2.24, 2.45) is 5.92 Å². The Labute approximate surface area is 173 Å². The van der Waals surface area contributed by atoms with E-state index in [4.69, 9.17) is 0 Å². The number of fused-ring (bicyclic) bond motifs is 2. The zero-order valence-electron chi connectivity index (χ0n) is 16.7. The number of carbonyl (C=O) groups excluding carboxylic acids is 1. The molecule has 1 saturated carbocycles. The minimum atomic E-state index is 0.0211. The molecule has 0 bridgehead atoms. The van der Waals surface area contributed by atoms with Crippen molar-refractivity contribution in [2.75, 3.05) is 18.4 Å². The average molecular weight is 400 g/mol. The van der Waals surface area contributed by atoms with E-state index >= 15 is 0 Å². The zero-order valence-corrected chi connectivity index (χ0v) is 16.7. The Kier molecular flexibility index (Phi) is 4.09. The number of hydrogen-bond acceptors (Lipinski definition) is 4. The predicted octanol–water partition coefficient (Wildman–Crippen LogP) is 3.69. The first-order chi connectivity index (χ1) is 14.8. The molecule has 7 nitrogen and oxygen atoms in total. The molecule has 0 atom stereocenters. The number of carbonyl (C=O) groups is 1. The van der Waals surface area contributed by atoms with Crippen molar-refractivity contribution in [1.29, 1.82) is 0 Å².